The molecule has 0 radical (unpaired) electrons. The summed E-state index contributed by atoms with van der Waals surface area (Å²) in [6.45, 7) is 4.06. The van der Waals surface area contributed by atoms with Gasteiger partial charge in [-0.2, -0.15) is 0 Å². The van der Waals surface area contributed by atoms with Gasteiger partial charge < -0.3 is 30.2 Å². The van der Waals surface area contributed by atoms with E-state index in [-0.39, 0.29) is 11.9 Å². The Labute approximate surface area is 175 Å². The van der Waals surface area contributed by atoms with E-state index in [9.17, 15) is 9.59 Å². The van der Waals surface area contributed by atoms with Crippen molar-refractivity contribution in [3.63, 3.8) is 0 Å². The molecule has 30 heavy (non-hydrogen) atoms. The van der Waals surface area contributed by atoms with Crippen LogP contribution in [-0.4, -0.2) is 32.8 Å². The molecule has 1 aliphatic rings. The molecule has 3 N–H and O–H groups in total. The molecule has 3 rings (SSSR count). The van der Waals surface area contributed by atoms with Crippen LogP contribution in [0.1, 0.15) is 25.5 Å². The molecule has 0 spiro atoms. The van der Waals surface area contributed by atoms with E-state index in [0.29, 0.717) is 46.4 Å². The Morgan fingerprint density at radius 1 is 1.07 bits per heavy atom. The Morgan fingerprint density at radius 3 is 2.50 bits per heavy atom. The number of methoxy groups -OCH3 is 2. The van der Waals surface area contributed by atoms with Gasteiger partial charge in [-0.25, -0.2) is 4.79 Å². The van der Waals surface area contributed by atoms with E-state index < -0.39 is 6.04 Å². The molecule has 0 saturated carbocycles. The predicted octanol–water partition coefficient (Wildman–Crippen LogP) is 3.37. The van der Waals surface area contributed by atoms with Gasteiger partial charge in [0, 0.05) is 5.70 Å². The molecule has 0 unspecified atom stereocenters. The number of hydrogen-bond acceptors (Lipinski definition) is 5. The molecule has 0 aliphatic carbocycles. The summed E-state index contributed by atoms with van der Waals surface area (Å²) in [7, 11) is 3.08. The van der Waals surface area contributed by atoms with Gasteiger partial charge in [0.05, 0.1) is 38.1 Å². The lowest BCUT2D eigenvalue weighted by Gasteiger charge is -2.29. The molecule has 0 bridgehead atoms. The molecule has 1 atom stereocenters. The van der Waals surface area contributed by atoms with Crippen molar-refractivity contribution in [2.75, 3.05) is 26.1 Å². The predicted molar refractivity (Wildman–Crippen MR) is 113 cm³/mol. The van der Waals surface area contributed by atoms with Crippen LogP contribution < -0.4 is 30.2 Å². The Kier molecular flexibility index (Phi) is 6.46. The first-order chi connectivity index (χ1) is 14.5. The molecule has 2 aromatic rings. The van der Waals surface area contributed by atoms with Crippen LogP contribution in [0.25, 0.3) is 0 Å². The Hall–Kier alpha value is -3.68. The fourth-order valence-electron chi connectivity index (χ4n) is 3.32. The van der Waals surface area contributed by atoms with Crippen LogP contribution in [0, 0.1) is 0 Å². The summed E-state index contributed by atoms with van der Waals surface area (Å²) >= 11 is 0. The molecule has 0 fully saturated rings. The number of para-hydroxylation sites is 2. The average molecular weight is 411 g/mol. The highest BCUT2D eigenvalue weighted by atomic mass is 16.5. The molecule has 2 aromatic carbocycles. The first-order valence-electron chi connectivity index (χ1n) is 9.51. The SMILES string of the molecule is CCOc1ccc([C@@H]2NC(=O)NC(C)=C2C(=O)Nc2ccccc2OC)cc1OC. The van der Waals surface area contributed by atoms with Gasteiger partial charge in [0.2, 0.25) is 0 Å². The highest BCUT2D eigenvalue weighted by molar-refractivity contribution is 6.07. The maximum atomic E-state index is 13.2. The number of ether oxygens (including phenoxy) is 3. The second-order valence-electron chi connectivity index (χ2n) is 6.57. The van der Waals surface area contributed by atoms with Gasteiger partial charge in [-0.05, 0) is 43.7 Å². The largest absolute Gasteiger partial charge is 0.495 e. The first-order valence-corrected chi connectivity index (χ1v) is 9.51. The van der Waals surface area contributed by atoms with Gasteiger partial charge in [-0.15, -0.1) is 0 Å². The van der Waals surface area contributed by atoms with Gasteiger partial charge in [0.15, 0.2) is 11.5 Å². The van der Waals surface area contributed by atoms with Crippen molar-refractivity contribution in [2.24, 2.45) is 0 Å². The van der Waals surface area contributed by atoms with E-state index >= 15 is 0 Å². The molecule has 1 heterocycles. The van der Waals surface area contributed by atoms with Crippen molar-refractivity contribution in [1.29, 1.82) is 0 Å². The van der Waals surface area contributed by atoms with Crippen LogP contribution in [-0.2, 0) is 4.79 Å². The van der Waals surface area contributed by atoms with Gasteiger partial charge in [-0.3, -0.25) is 4.79 Å². The van der Waals surface area contributed by atoms with Crippen molar-refractivity contribution < 1.29 is 23.8 Å². The van der Waals surface area contributed by atoms with Crippen molar-refractivity contribution in [3.05, 3.63) is 59.3 Å². The van der Waals surface area contributed by atoms with Crippen LogP contribution in [0.15, 0.2) is 53.7 Å². The zero-order valence-corrected chi connectivity index (χ0v) is 17.4. The number of anilines is 1. The average Bonchev–Trinajstić information content (AvgIpc) is 2.74. The third kappa shape index (κ3) is 4.32. The van der Waals surface area contributed by atoms with E-state index in [1.807, 2.05) is 13.0 Å². The normalized spacial score (nSPS) is 15.7. The molecule has 158 valence electrons. The quantitative estimate of drug-likeness (QED) is 0.649. The first kappa shape index (κ1) is 21.0. The second kappa shape index (κ2) is 9.21. The van der Waals surface area contributed by atoms with E-state index in [4.69, 9.17) is 14.2 Å². The van der Waals surface area contributed by atoms with Crippen LogP contribution in [0.3, 0.4) is 0 Å². The Bertz CT molecular complexity index is 986. The fourth-order valence-corrected chi connectivity index (χ4v) is 3.32. The van der Waals surface area contributed by atoms with Crippen LogP contribution in [0.2, 0.25) is 0 Å². The lowest BCUT2D eigenvalue weighted by atomic mass is 9.94. The van der Waals surface area contributed by atoms with Crippen molar-refractivity contribution >= 4 is 17.6 Å². The summed E-state index contributed by atoms with van der Waals surface area (Å²) in [5.74, 6) is 1.28. The van der Waals surface area contributed by atoms with E-state index in [0.717, 1.165) is 0 Å². The van der Waals surface area contributed by atoms with Gasteiger partial charge >= 0.3 is 6.03 Å². The molecule has 8 nitrogen and oxygen atoms in total. The van der Waals surface area contributed by atoms with E-state index in [2.05, 4.69) is 16.0 Å². The van der Waals surface area contributed by atoms with Crippen LogP contribution >= 0.6 is 0 Å². The molecule has 0 aromatic heterocycles. The maximum absolute atomic E-state index is 13.2. The smallest absolute Gasteiger partial charge is 0.319 e. The number of hydrogen-bond donors (Lipinski definition) is 3. The molecule has 1 aliphatic heterocycles. The van der Waals surface area contributed by atoms with Gasteiger partial charge in [-0.1, -0.05) is 18.2 Å². The van der Waals surface area contributed by atoms with Gasteiger partial charge in [0.1, 0.15) is 5.75 Å². The summed E-state index contributed by atoms with van der Waals surface area (Å²) in [5, 5.41) is 8.35. The lowest BCUT2D eigenvalue weighted by Crippen LogP contribution is -2.46. The minimum atomic E-state index is -0.668. The zero-order chi connectivity index (χ0) is 21.7. The highest BCUT2D eigenvalue weighted by Crippen LogP contribution is 2.35. The summed E-state index contributed by atoms with van der Waals surface area (Å²) in [6.07, 6.45) is 0. The summed E-state index contributed by atoms with van der Waals surface area (Å²) < 4.78 is 16.3. The number of rotatable bonds is 7. The van der Waals surface area contributed by atoms with Crippen LogP contribution in [0.4, 0.5) is 10.5 Å². The minimum Gasteiger partial charge on any atom is -0.495 e. The third-order valence-corrected chi connectivity index (χ3v) is 4.69. The molecular formula is C22H25N3O5. The monoisotopic (exact) mass is 411 g/mol. The number of nitrogens with one attached hydrogen (secondary N) is 3. The Balaban J connectivity index is 1.98. The molecule has 3 amide bonds. The summed E-state index contributed by atoms with van der Waals surface area (Å²) in [4.78, 5) is 25.3. The minimum absolute atomic E-state index is 0.359. The number of carbonyl (C=O) groups is 2. The van der Waals surface area contributed by atoms with Crippen LogP contribution in [0.5, 0.6) is 17.2 Å². The fraction of sp³-hybridized carbons (Fsp3) is 0.273. The Morgan fingerprint density at radius 2 is 1.80 bits per heavy atom. The molecule has 8 heteroatoms. The topological polar surface area (TPSA) is 97.9 Å². The van der Waals surface area contributed by atoms with Gasteiger partial charge in [0.25, 0.3) is 5.91 Å². The standard InChI is InChI=1S/C22H25N3O5/c1-5-30-17-11-10-14(12-18(17)29-4)20-19(13(2)23-22(27)25-20)21(26)24-15-8-6-7-9-16(15)28-3/h6-12,20H,5H2,1-4H3,(H,24,26)(H2,23,25,27)/t20-/m0/s1. The summed E-state index contributed by atoms with van der Waals surface area (Å²) in [6, 6.07) is 11.4. The maximum Gasteiger partial charge on any atom is 0.319 e. The number of allylic oxidation sites excluding steroid dienone is 1. The lowest BCUT2D eigenvalue weighted by molar-refractivity contribution is -0.113. The number of amides is 3. The number of benzene rings is 2. The van der Waals surface area contributed by atoms with E-state index in [1.165, 1.54) is 7.11 Å². The summed E-state index contributed by atoms with van der Waals surface area (Å²) in [5.41, 5.74) is 2.07. The zero-order valence-electron chi connectivity index (χ0n) is 17.4. The van der Waals surface area contributed by atoms with E-state index in [1.54, 1.807) is 50.4 Å². The molecule has 0 saturated heterocycles. The van der Waals surface area contributed by atoms with Crippen molar-refractivity contribution in [3.8, 4) is 17.2 Å². The second-order valence-corrected chi connectivity index (χ2v) is 6.57. The molecular weight excluding hydrogens is 386 g/mol. The number of carbonyl (C=O) groups excluding carboxylic acids is 2. The highest BCUT2D eigenvalue weighted by Gasteiger charge is 2.32. The van der Waals surface area contributed by atoms with Crippen molar-refractivity contribution in [1.82, 2.24) is 10.6 Å². The van der Waals surface area contributed by atoms with Crippen molar-refractivity contribution in [2.45, 2.75) is 19.9 Å². The third-order valence-electron chi connectivity index (χ3n) is 4.69. The number of urea groups is 1.